The second kappa shape index (κ2) is 5.32. The normalized spacial score (nSPS) is 13.2. The van der Waals surface area contributed by atoms with E-state index < -0.39 is 0 Å². The minimum atomic E-state index is -0.367. The zero-order chi connectivity index (χ0) is 13.3. The Balaban J connectivity index is 2.52. The van der Waals surface area contributed by atoms with Crippen LogP contribution in [0, 0.1) is 0 Å². The maximum absolute atomic E-state index is 6.18. The molecule has 0 aliphatic rings. The van der Waals surface area contributed by atoms with Crippen LogP contribution in [0.4, 0.5) is 0 Å². The zero-order valence-corrected chi connectivity index (χ0v) is 11.5. The van der Waals surface area contributed by atoms with Crippen LogP contribution in [-0.2, 0) is 0 Å². The van der Waals surface area contributed by atoms with Gasteiger partial charge in [-0.25, -0.2) is 5.43 Å². The molecule has 0 aliphatic heterocycles. The van der Waals surface area contributed by atoms with Gasteiger partial charge in [0.25, 0.3) is 0 Å². The van der Waals surface area contributed by atoms with Gasteiger partial charge in [0.05, 0.1) is 29.2 Å². The van der Waals surface area contributed by atoms with Crippen molar-refractivity contribution in [2.75, 3.05) is 0 Å². The first kappa shape index (κ1) is 13.4. The monoisotopic (exact) mass is 288 g/mol. The first-order valence-corrected chi connectivity index (χ1v) is 6.23. The summed E-state index contributed by atoms with van der Waals surface area (Å²) in [5.41, 5.74) is 4.18. The number of furan rings is 1. The van der Waals surface area contributed by atoms with E-state index in [2.05, 4.69) is 10.5 Å². The van der Waals surface area contributed by atoms with Crippen LogP contribution in [0.2, 0.25) is 10.2 Å². The summed E-state index contributed by atoms with van der Waals surface area (Å²) in [7, 11) is 0. The van der Waals surface area contributed by atoms with Crippen molar-refractivity contribution in [3.8, 4) is 0 Å². The minimum Gasteiger partial charge on any atom is -0.453 e. The number of halogens is 2. The number of nitrogens with two attached hydrogens (primary N) is 1. The third-order valence-electron chi connectivity index (χ3n) is 2.67. The van der Waals surface area contributed by atoms with Crippen LogP contribution >= 0.6 is 23.2 Å². The molecule has 1 atom stereocenters. The average Bonchev–Trinajstić information content (AvgIpc) is 2.89. The zero-order valence-electron chi connectivity index (χ0n) is 10.0. The highest BCUT2D eigenvalue weighted by molar-refractivity contribution is 6.31. The smallest absolute Gasteiger partial charge is 0.198 e. The van der Waals surface area contributed by atoms with Gasteiger partial charge < -0.3 is 4.42 Å². The van der Waals surface area contributed by atoms with E-state index in [1.54, 1.807) is 16.9 Å². The fourth-order valence-electron chi connectivity index (χ4n) is 1.86. The summed E-state index contributed by atoms with van der Waals surface area (Å²) < 4.78 is 6.88. The van der Waals surface area contributed by atoms with Gasteiger partial charge in [0.2, 0.25) is 0 Å². The Kier molecular flexibility index (Phi) is 3.97. The van der Waals surface area contributed by atoms with Crippen LogP contribution in [0.5, 0.6) is 0 Å². The summed E-state index contributed by atoms with van der Waals surface area (Å²) in [4.78, 5) is 0. The molecule has 0 bridgehead atoms. The first-order valence-electron chi connectivity index (χ1n) is 5.48. The maximum atomic E-state index is 6.18. The fraction of sp³-hybridized carbons (Fsp3) is 0.364. The molecule has 0 fully saturated rings. The number of nitrogens with one attached hydrogen (secondary N) is 1. The summed E-state index contributed by atoms with van der Waals surface area (Å²) in [6.07, 6.45) is 3.10. The molecule has 0 aromatic carbocycles. The van der Waals surface area contributed by atoms with Crippen molar-refractivity contribution < 1.29 is 4.42 Å². The highest BCUT2D eigenvalue weighted by atomic mass is 35.5. The maximum Gasteiger partial charge on any atom is 0.198 e. The Hall–Kier alpha value is -1.01. The van der Waals surface area contributed by atoms with Crippen LogP contribution in [0.1, 0.15) is 37.2 Å². The lowest BCUT2D eigenvalue weighted by atomic mass is 10.1. The van der Waals surface area contributed by atoms with Gasteiger partial charge in [-0.15, -0.1) is 0 Å². The number of nitrogens with zero attached hydrogens (tertiary/aromatic N) is 2. The Labute approximate surface area is 115 Å². The third kappa shape index (κ3) is 2.27. The van der Waals surface area contributed by atoms with E-state index in [-0.39, 0.29) is 17.3 Å². The van der Waals surface area contributed by atoms with Gasteiger partial charge in [0, 0.05) is 11.6 Å². The summed E-state index contributed by atoms with van der Waals surface area (Å²) in [5.74, 6) is 5.61. The van der Waals surface area contributed by atoms with Gasteiger partial charge in [-0.05, 0) is 31.5 Å². The second-order valence-electron chi connectivity index (χ2n) is 4.17. The predicted octanol–water partition coefficient (Wildman–Crippen LogP) is 2.92. The van der Waals surface area contributed by atoms with Crippen LogP contribution < -0.4 is 11.3 Å². The Morgan fingerprint density at radius 3 is 2.67 bits per heavy atom. The van der Waals surface area contributed by atoms with Crippen LogP contribution in [0.15, 0.2) is 22.9 Å². The number of hydrazine groups is 1. The Morgan fingerprint density at radius 1 is 1.44 bits per heavy atom. The molecule has 0 aliphatic carbocycles. The van der Waals surface area contributed by atoms with Crippen molar-refractivity contribution in [3.05, 3.63) is 40.0 Å². The summed E-state index contributed by atoms with van der Waals surface area (Å²) >= 11 is 12.2. The molecule has 98 valence electrons. The van der Waals surface area contributed by atoms with E-state index in [0.717, 1.165) is 11.3 Å². The molecule has 2 heterocycles. The van der Waals surface area contributed by atoms with Gasteiger partial charge in [0.15, 0.2) is 5.22 Å². The first-order chi connectivity index (χ1) is 8.56. The second-order valence-corrected chi connectivity index (χ2v) is 4.92. The van der Waals surface area contributed by atoms with Crippen molar-refractivity contribution in [3.63, 3.8) is 0 Å². The standard InChI is InChI=1S/C11H14Cl2N4O/c1-6(2)17-10(8(12)5-15-17)9(16-14)7-3-4-18-11(7)13/h3-6,9,16H,14H2,1-2H3. The minimum absolute atomic E-state index is 0.161. The summed E-state index contributed by atoms with van der Waals surface area (Å²) in [6, 6.07) is 1.54. The van der Waals surface area contributed by atoms with Gasteiger partial charge in [-0.1, -0.05) is 11.6 Å². The molecule has 7 heteroatoms. The van der Waals surface area contributed by atoms with E-state index in [9.17, 15) is 0 Å². The van der Waals surface area contributed by atoms with Crippen molar-refractivity contribution in [2.45, 2.75) is 25.9 Å². The molecule has 5 nitrogen and oxygen atoms in total. The van der Waals surface area contributed by atoms with E-state index in [1.165, 1.54) is 6.26 Å². The van der Waals surface area contributed by atoms with Gasteiger partial charge in [0.1, 0.15) is 0 Å². The molecule has 0 amide bonds. The summed E-state index contributed by atoms with van der Waals surface area (Å²) in [6.45, 7) is 4.02. The largest absolute Gasteiger partial charge is 0.453 e. The molecule has 3 N–H and O–H groups in total. The van der Waals surface area contributed by atoms with Crippen molar-refractivity contribution in [1.29, 1.82) is 0 Å². The molecule has 0 radical (unpaired) electrons. The SMILES string of the molecule is CC(C)n1ncc(Cl)c1C(NN)c1ccoc1Cl. The molecule has 2 aromatic heterocycles. The molecule has 0 saturated carbocycles. The average molecular weight is 289 g/mol. The molecule has 18 heavy (non-hydrogen) atoms. The van der Waals surface area contributed by atoms with E-state index in [4.69, 9.17) is 33.5 Å². The van der Waals surface area contributed by atoms with Crippen molar-refractivity contribution in [1.82, 2.24) is 15.2 Å². The number of rotatable bonds is 4. The third-order valence-corrected chi connectivity index (χ3v) is 3.27. The number of aromatic nitrogens is 2. The topological polar surface area (TPSA) is 69.0 Å². The number of hydrogen-bond acceptors (Lipinski definition) is 4. The highest BCUT2D eigenvalue weighted by Gasteiger charge is 2.25. The van der Waals surface area contributed by atoms with Gasteiger partial charge >= 0.3 is 0 Å². The van der Waals surface area contributed by atoms with Crippen molar-refractivity contribution in [2.24, 2.45) is 5.84 Å². The molecule has 0 saturated heterocycles. The van der Waals surface area contributed by atoms with Crippen molar-refractivity contribution >= 4 is 23.2 Å². The van der Waals surface area contributed by atoms with Crippen LogP contribution in [-0.4, -0.2) is 9.78 Å². The van der Waals surface area contributed by atoms with Gasteiger partial charge in [-0.2, -0.15) is 5.10 Å². The van der Waals surface area contributed by atoms with E-state index in [1.807, 2.05) is 13.8 Å². The summed E-state index contributed by atoms with van der Waals surface area (Å²) in [5, 5.41) is 5.05. The van der Waals surface area contributed by atoms with E-state index in [0.29, 0.717) is 5.02 Å². The predicted molar refractivity (Wildman–Crippen MR) is 70.5 cm³/mol. The lowest BCUT2D eigenvalue weighted by molar-refractivity contribution is 0.473. The lowest BCUT2D eigenvalue weighted by Gasteiger charge is -2.19. The molecule has 0 spiro atoms. The lowest BCUT2D eigenvalue weighted by Crippen LogP contribution is -2.31. The fourth-order valence-corrected chi connectivity index (χ4v) is 2.32. The van der Waals surface area contributed by atoms with Crippen LogP contribution in [0.3, 0.4) is 0 Å². The van der Waals surface area contributed by atoms with E-state index >= 15 is 0 Å². The molecular formula is C11H14Cl2N4O. The quantitative estimate of drug-likeness (QED) is 0.670. The molecule has 1 unspecified atom stereocenters. The van der Waals surface area contributed by atoms with Crippen LogP contribution in [0.25, 0.3) is 0 Å². The Morgan fingerprint density at radius 2 is 2.17 bits per heavy atom. The van der Waals surface area contributed by atoms with Gasteiger partial charge in [-0.3, -0.25) is 10.5 Å². The number of hydrogen-bond donors (Lipinski definition) is 2. The molecular weight excluding hydrogens is 275 g/mol. The molecule has 2 rings (SSSR count). The Bertz CT molecular complexity index is 535. The highest BCUT2D eigenvalue weighted by Crippen LogP contribution is 2.33. The molecule has 2 aromatic rings.